The molecule has 1 atom stereocenters. The molecular weight excluding hydrogens is 236 g/mol. The zero-order valence-electron chi connectivity index (χ0n) is 9.54. The fraction of sp³-hybridized carbons (Fsp3) is 0.182. The van der Waals surface area contributed by atoms with E-state index in [9.17, 15) is 9.59 Å². The Labute approximate surface area is 103 Å². The third-order valence-electron chi connectivity index (χ3n) is 2.24. The molecule has 0 aromatic heterocycles. The second kappa shape index (κ2) is 6.24. The molecule has 7 heteroatoms. The number of amides is 2. The zero-order chi connectivity index (χ0) is 13.5. The molecule has 0 saturated heterocycles. The van der Waals surface area contributed by atoms with Crippen LogP contribution < -0.4 is 16.8 Å². The van der Waals surface area contributed by atoms with E-state index in [1.165, 1.54) is 0 Å². The van der Waals surface area contributed by atoms with Crippen molar-refractivity contribution in [1.29, 1.82) is 0 Å². The van der Waals surface area contributed by atoms with Gasteiger partial charge in [-0.25, -0.2) is 0 Å². The lowest BCUT2D eigenvalue weighted by molar-refractivity contribution is -0.124. The van der Waals surface area contributed by atoms with E-state index in [0.717, 1.165) is 0 Å². The maximum absolute atomic E-state index is 11.9. The summed E-state index contributed by atoms with van der Waals surface area (Å²) < 4.78 is 0. The summed E-state index contributed by atoms with van der Waals surface area (Å²) in [6.07, 6.45) is 0. The number of nitrogens with one attached hydrogen (secondary N) is 1. The van der Waals surface area contributed by atoms with Crippen molar-refractivity contribution in [2.45, 2.75) is 5.92 Å². The Kier molecular flexibility index (Phi) is 4.67. The number of nitrogens with zero attached hydrogens (tertiary/aromatic N) is 1. The minimum absolute atomic E-state index is 0.261. The van der Waals surface area contributed by atoms with Crippen LogP contribution in [-0.2, 0) is 9.59 Å². The SMILES string of the molecule is NC(=O)CNC(=O)C(/C(N)=N/O)c1ccccc1. The molecule has 0 radical (unpaired) electrons. The van der Waals surface area contributed by atoms with Gasteiger partial charge in [-0.05, 0) is 5.56 Å². The Morgan fingerprint density at radius 1 is 1.28 bits per heavy atom. The van der Waals surface area contributed by atoms with Crippen molar-refractivity contribution in [2.75, 3.05) is 6.54 Å². The highest BCUT2D eigenvalue weighted by molar-refractivity contribution is 6.07. The van der Waals surface area contributed by atoms with Gasteiger partial charge in [0.05, 0.1) is 6.54 Å². The number of amidine groups is 1. The molecule has 96 valence electrons. The average molecular weight is 250 g/mol. The van der Waals surface area contributed by atoms with Crippen LogP contribution in [0.3, 0.4) is 0 Å². The predicted octanol–water partition coefficient (Wildman–Crippen LogP) is -0.882. The summed E-state index contributed by atoms with van der Waals surface area (Å²) in [5, 5.41) is 13.8. The summed E-state index contributed by atoms with van der Waals surface area (Å²) in [7, 11) is 0. The molecule has 0 heterocycles. The van der Waals surface area contributed by atoms with Crippen LogP contribution in [0.15, 0.2) is 35.5 Å². The van der Waals surface area contributed by atoms with Crippen LogP contribution in [0.2, 0.25) is 0 Å². The van der Waals surface area contributed by atoms with Gasteiger partial charge in [-0.15, -0.1) is 0 Å². The molecule has 1 unspecified atom stereocenters. The first-order valence-corrected chi connectivity index (χ1v) is 5.14. The Morgan fingerprint density at radius 2 is 1.89 bits per heavy atom. The lowest BCUT2D eigenvalue weighted by Gasteiger charge is -2.15. The third-order valence-corrected chi connectivity index (χ3v) is 2.24. The molecular formula is C11H14N4O3. The molecule has 2 amide bonds. The first-order valence-electron chi connectivity index (χ1n) is 5.14. The molecule has 0 aliphatic rings. The Bertz CT molecular complexity index is 459. The normalized spacial score (nSPS) is 12.8. The van der Waals surface area contributed by atoms with Gasteiger partial charge >= 0.3 is 0 Å². The van der Waals surface area contributed by atoms with E-state index in [1.54, 1.807) is 30.3 Å². The van der Waals surface area contributed by atoms with Gasteiger partial charge in [0.1, 0.15) is 5.92 Å². The van der Waals surface area contributed by atoms with Crippen LogP contribution in [0.25, 0.3) is 0 Å². The van der Waals surface area contributed by atoms with Crippen molar-refractivity contribution in [2.24, 2.45) is 16.6 Å². The van der Waals surface area contributed by atoms with Crippen LogP contribution in [0.5, 0.6) is 0 Å². The van der Waals surface area contributed by atoms with E-state index >= 15 is 0 Å². The summed E-state index contributed by atoms with van der Waals surface area (Å²) in [6, 6.07) is 8.52. The number of carbonyl (C=O) groups excluding carboxylic acids is 2. The highest BCUT2D eigenvalue weighted by Crippen LogP contribution is 2.15. The average Bonchev–Trinajstić information content (AvgIpc) is 2.37. The highest BCUT2D eigenvalue weighted by atomic mass is 16.4. The topological polar surface area (TPSA) is 131 Å². The number of rotatable bonds is 5. The van der Waals surface area contributed by atoms with Gasteiger partial charge in [0, 0.05) is 0 Å². The number of nitrogens with two attached hydrogens (primary N) is 2. The number of benzene rings is 1. The van der Waals surface area contributed by atoms with E-state index in [2.05, 4.69) is 10.5 Å². The fourth-order valence-corrected chi connectivity index (χ4v) is 1.44. The van der Waals surface area contributed by atoms with Crippen LogP contribution in [-0.4, -0.2) is 29.4 Å². The lowest BCUT2D eigenvalue weighted by Crippen LogP contribution is -2.40. The van der Waals surface area contributed by atoms with E-state index in [1.807, 2.05) is 0 Å². The third kappa shape index (κ3) is 3.48. The molecule has 7 nitrogen and oxygen atoms in total. The van der Waals surface area contributed by atoms with E-state index in [0.29, 0.717) is 5.56 Å². The van der Waals surface area contributed by atoms with E-state index in [-0.39, 0.29) is 12.4 Å². The largest absolute Gasteiger partial charge is 0.409 e. The summed E-state index contributed by atoms with van der Waals surface area (Å²) in [5.41, 5.74) is 11.0. The molecule has 0 aliphatic carbocycles. The Hall–Kier alpha value is -2.57. The minimum atomic E-state index is -0.962. The molecule has 0 bridgehead atoms. The number of primary amides is 1. The van der Waals surface area contributed by atoms with Crippen molar-refractivity contribution >= 4 is 17.6 Å². The van der Waals surface area contributed by atoms with Crippen molar-refractivity contribution in [3.05, 3.63) is 35.9 Å². The standard InChI is InChI=1S/C11H14N4O3/c12-8(16)6-14-11(17)9(10(13)15-18)7-4-2-1-3-5-7/h1-5,9,18H,6H2,(H2,12,16)(H2,13,15)(H,14,17). The molecule has 6 N–H and O–H groups in total. The number of hydrogen-bond acceptors (Lipinski definition) is 4. The molecule has 0 aliphatic heterocycles. The van der Waals surface area contributed by atoms with Crippen LogP contribution in [0.1, 0.15) is 11.5 Å². The fourth-order valence-electron chi connectivity index (χ4n) is 1.44. The number of oxime groups is 1. The molecule has 0 saturated carbocycles. The maximum Gasteiger partial charge on any atom is 0.236 e. The van der Waals surface area contributed by atoms with E-state index < -0.39 is 17.7 Å². The molecule has 0 spiro atoms. The van der Waals surface area contributed by atoms with Gasteiger partial charge < -0.3 is 22.0 Å². The van der Waals surface area contributed by atoms with Crippen molar-refractivity contribution in [1.82, 2.24) is 5.32 Å². The van der Waals surface area contributed by atoms with Crippen molar-refractivity contribution in [3.8, 4) is 0 Å². The van der Waals surface area contributed by atoms with Gasteiger partial charge in [-0.2, -0.15) is 0 Å². The quantitative estimate of drug-likeness (QED) is 0.234. The van der Waals surface area contributed by atoms with Gasteiger partial charge in [0.25, 0.3) is 0 Å². The smallest absolute Gasteiger partial charge is 0.236 e. The van der Waals surface area contributed by atoms with Crippen LogP contribution >= 0.6 is 0 Å². The highest BCUT2D eigenvalue weighted by Gasteiger charge is 2.25. The first kappa shape index (κ1) is 13.5. The van der Waals surface area contributed by atoms with Gasteiger partial charge in [0.15, 0.2) is 5.84 Å². The zero-order valence-corrected chi connectivity index (χ0v) is 9.54. The summed E-state index contributed by atoms with van der Waals surface area (Å²) in [6.45, 7) is -0.305. The minimum Gasteiger partial charge on any atom is -0.409 e. The second-order valence-electron chi connectivity index (χ2n) is 3.55. The predicted molar refractivity (Wildman–Crippen MR) is 64.8 cm³/mol. The second-order valence-corrected chi connectivity index (χ2v) is 3.55. The summed E-state index contributed by atoms with van der Waals surface area (Å²) >= 11 is 0. The monoisotopic (exact) mass is 250 g/mol. The van der Waals surface area contributed by atoms with Gasteiger partial charge in [-0.1, -0.05) is 35.5 Å². The molecule has 18 heavy (non-hydrogen) atoms. The Balaban J connectivity index is 2.93. The summed E-state index contributed by atoms with van der Waals surface area (Å²) in [4.78, 5) is 22.5. The summed E-state index contributed by atoms with van der Waals surface area (Å²) in [5.74, 6) is -2.45. The van der Waals surface area contributed by atoms with Crippen LogP contribution in [0.4, 0.5) is 0 Å². The maximum atomic E-state index is 11.9. The van der Waals surface area contributed by atoms with Crippen LogP contribution in [0, 0.1) is 0 Å². The first-order chi connectivity index (χ1) is 8.56. The molecule has 1 aromatic rings. The number of hydrogen-bond donors (Lipinski definition) is 4. The Morgan fingerprint density at radius 3 is 2.39 bits per heavy atom. The molecule has 0 fully saturated rings. The van der Waals surface area contributed by atoms with Crippen molar-refractivity contribution in [3.63, 3.8) is 0 Å². The lowest BCUT2D eigenvalue weighted by atomic mass is 9.97. The van der Waals surface area contributed by atoms with Gasteiger partial charge in [0.2, 0.25) is 11.8 Å². The molecule has 1 aromatic carbocycles. The number of carbonyl (C=O) groups is 2. The van der Waals surface area contributed by atoms with Gasteiger partial charge in [-0.3, -0.25) is 9.59 Å². The molecule has 1 rings (SSSR count). The van der Waals surface area contributed by atoms with E-state index in [4.69, 9.17) is 16.7 Å². The van der Waals surface area contributed by atoms with Crippen molar-refractivity contribution < 1.29 is 14.8 Å².